The molecular formula is C16H24ClFN2O. The predicted octanol–water partition coefficient (Wildman–Crippen LogP) is 3.26. The molecule has 3 nitrogen and oxygen atoms in total. The van der Waals surface area contributed by atoms with Gasteiger partial charge in [-0.1, -0.05) is 18.9 Å². The van der Waals surface area contributed by atoms with Gasteiger partial charge in [0.2, 0.25) is 5.91 Å². The fourth-order valence-corrected chi connectivity index (χ4v) is 2.79. The van der Waals surface area contributed by atoms with Gasteiger partial charge in [0.1, 0.15) is 5.82 Å². The molecule has 5 heteroatoms. The number of rotatable bonds is 7. The molecule has 1 atom stereocenters. The standard InChI is InChI=1S/C16H23FN2O.ClH/c17-13-7-8-14-12(11-13)6-9-15(14)19-16(20)5-3-1-2-4-10-18;/h7-8,11,15H,1-6,9-10,18H2,(H,19,20);1H. The molecule has 1 aliphatic carbocycles. The fraction of sp³-hybridized carbons (Fsp3) is 0.562. The van der Waals surface area contributed by atoms with E-state index in [1.165, 1.54) is 6.07 Å². The van der Waals surface area contributed by atoms with Gasteiger partial charge in [0.25, 0.3) is 0 Å². The summed E-state index contributed by atoms with van der Waals surface area (Å²) in [7, 11) is 0. The first-order chi connectivity index (χ1) is 9.70. The third-order valence-corrected chi connectivity index (χ3v) is 3.88. The van der Waals surface area contributed by atoms with Crippen molar-refractivity contribution in [2.75, 3.05) is 6.54 Å². The first-order valence-corrected chi connectivity index (χ1v) is 7.48. The lowest BCUT2D eigenvalue weighted by Crippen LogP contribution is -2.26. The number of fused-ring (bicyclic) bond motifs is 1. The Balaban J connectivity index is 0.00000220. The van der Waals surface area contributed by atoms with E-state index in [-0.39, 0.29) is 30.2 Å². The Hall–Kier alpha value is -1.13. The second-order valence-corrected chi connectivity index (χ2v) is 5.45. The van der Waals surface area contributed by atoms with Crippen LogP contribution in [0.1, 0.15) is 55.7 Å². The summed E-state index contributed by atoms with van der Waals surface area (Å²) in [5.41, 5.74) is 7.53. The monoisotopic (exact) mass is 314 g/mol. The molecule has 0 spiro atoms. The first-order valence-electron chi connectivity index (χ1n) is 7.48. The molecule has 0 heterocycles. The molecule has 0 fully saturated rings. The van der Waals surface area contributed by atoms with Gasteiger partial charge in [-0.25, -0.2) is 4.39 Å². The second-order valence-electron chi connectivity index (χ2n) is 5.45. The number of amides is 1. The molecule has 3 N–H and O–H groups in total. The largest absolute Gasteiger partial charge is 0.349 e. The molecule has 1 aromatic carbocycles. The van der Waals surface area contributed by atoms with Crippen LogP contribution in [0.25, 0.3) is 0 Å². The summed E-state index contributed by atoms with van der Waals surface area (Å²) < 4.78 is 13.1. The van der Waals surface area contributed by atoms with Gasteiger partial charge in [0.05, 0.1) is 6.04 Å². The molecule has 118 valence electrons. The predicted molar refractivity (Wildman–Crippen MR) is 85.0 cm³/mol. The molecule has 0 aliphatic heterocycles. The number of unbranched alkanes of at least 4 members (excludes halogenated alkanes) is 3. The Morgan fingerprint density at radius 1 is 1.29 bits per heavy atom. The van der Waals surface area contributed by atoms with E-state index in [1.807, 2.05) is 0 Å². The number of aryl methyl sites for hydroxylation is 1. The van der Waals surface area contributed by atoms with Crippen molar-refractivity contribution in [1.29, 1.82) is 0 Å². The Morgan fingerprint density at radius 3 is 2.81 bits per heavy atom. The number of carbonyl (C=O) groups is 1. The topological polar surface area (TPSA) is 55.1 Å². The van der Waals surface area contributed by atoms with Crippen LogP contribution in [0, 0.1) is 5.82 Å². The van der Waals surface area contributed by atoms with E-state index in [0.717, 1.165) is 56.2 Å². The molecular weight excluding hydrogens is 291 g/mol. The van der Waals surface area contributed by atoms with Crippen LogP contribution in [0.2, 0.25) is 0 Å². The molecule has 0 radical (unpaired) electrons. The van der Waals surface area contributed by atoms with Crippen LogP contribution in [-0.2, 0) is 11.2 Å². The quantitative estimate of drug-likeness (QED) is 0.759. The van der Waals surface area contributed by atoms with Crippen molar-refractivity contribution in [1.82, 2.24) is 5.32 Å². The minimum atomic E-state index is -0.198. The average Bonchev–Trinajstić information content (AvgIpc) is 2.81. The highest BCUT2D eigenvalue weighted by Gasteiger charge is 2.23. The van der Waals surface area contributed by atoms with E-state index in [9.17, 15) is 9.18 Å². The van der Waals surface area contributed by atoms with Gasteiger partial charge in [-0.3, -0.25) is 4.79 Å². The van der Waals surface area contributed by atoms with Crippen molar-refractivity contribution in [3.63, 3.8) is 0 Å². The smallest absolute Gasteiger partial charge is 0.220 e. The molecule has 0 saturated carbocycles. The average molecular weight is 315 g/mol. The molecule has 1 aromatic rings. The Morgan fingerprint density at radius 2 is 2.05 bits per heavy atom. The maximum absolute atomic E-state index is 13.1. The summed E-state index contributed by atoms with van der Waals surface area (Å²) in [4.78, 5) is 11.9. The molecule has 0 bridgehead atoms. The van der Waals surface area contributed by atoms with Crippen molar-refractivity contribution in [3.05, 3.63) is 35.1 Å². The number of benzene rings is 1. The summed E-state index contributed by atoms with van der Waals surface area (Å²) in [5.74, 6) is -0.101. The van der Waals surface area contributed by atoms with Crippen molar-refractivity contribution >= 4 is 18.3 Å². The van der Waals surface area contributed by atoms with Crippen LogP contribution in [0.15, 0.2) is 18.2 Å². The highest BCUT2D eigenvalue weighted by atomic mass is 35.5. The molecule has 1 aliphatic rings. The van der Waals surface area contributed by atoms with E-state index < -0.39 is 0 Å². The van der Waals surface area contributed by atoms with Crippen LogP contribution in [-0.4, -0.2) is 12.5 Å². The van der Waals surface area contributed by atoms with Crippen LogP contribution >= 0.6 is 12.4 Å². The zero-order chi connectivity index (χ0) is 14.4. The highest BCUT2D eigenvalue weighted by molar-refractivity contribution is 5.85. The Labute approximate surface area is 131 Å². The van der Waals surface area contributed by atoms with Crippen molar-refractivity contribution in [3.8, 4) is 0 Å². The number of nitrogens with two attached hydrogens (primary N) is 1. The van der Waals surface area contributed by atoms with Gasteiger partial charge >= 0.3 is 0 Å². The van der Waals surface area contributed by atoms with E-state index in [4.69, 9.17) is 5.73 Å². The molecule has 2 rings (SSSR count). The molecule has 1 unspecified atom stereocenters. The lowest BCUT2D eigenvalue weighted by Gasteiger charge is -2.14. The minimum absolute atomic E-state index is 0. The van der Waals surface area contributed by atoms with Crippen LogP contribution in [0.4, 0.5) is 4.39 Å². The zero-order valence-corrected chi connectivity index (χ0v) is 13.1. The van der Waals surface area contributed by atoms with E-state index in [0.29, 0.717) is 6.42 Å². The summed E-state index contributed by atoms with van der Waals surface area (Å²) in [6.07, 6.45) is 6.37. The van der Waals surface area contributed by atoms with Gasteiger partial charge in [-0.2, -0.15) is 0 Å². The van der Waals surface area contributed by atoms with E-state index >= 15 is 0 Å². The first kappa shape index (κ1) is 17.9. The van der Waals surface area contributed by atoms with Crippen LogP contribution < -0.4 is 11.1 Å². The third-order valence-electron chi connectivity index (χ3n) is 3.88. The van der Waals surface area contributed by atoms with Crippen molar-refractivity contribution in [2.24, 2.45) is 5.73 Å². The van der Waals surface area contributed by atoms with Gasteiger partial charge < -0.3 is 11.1 Å². The van der Waals surface area contributed by atoms with Crippen molar-refractivity contribution < 1.29 is 9.18 Å². The normalized spacial score (nSPS) is 16.2. The minimum Gasteiger partial charge on any atom is -0.349 e. The van der Waals surface area contributed by atoms with E-state index in [1.54, 1.807) is 12.1 Å². The summed E-state index contributed by atoms with van der Waals surface area (Å²) >= 11 is 0. The zero-order valence-electron chi connectivity index (χ0n) is 12.2. The molecule has 1 amide bonds. The number of nitrogens with one attached hydrogen (secondary N) is 1. The van der Waals surface area contributed by atoms with Gasteiger partial charge in [0, 0.05) is 6.42 Å². The fourth-order valence-electron chi connectivity index (χ4n) is 2.79. The lowest BCUT2D eigenvalue weighted by molar-refractivity contribution is -0.121. The highest BCUT2D eigenvalue weighted by Crippen LogP contribution is 2.31. The van der Waals surface area contributed by atoms with E-state index in [2.05, 4.69) is 5.32 Å². The van der Waals surface area contributed by atoms with Gasteiger partial charge in [0.15, 0.2) is 0 Å². The number of halogens is 2. The van der Waals surface area contributed by atoms with Gasteiger partial charge in [-0.15, -0.1) is 12.4 Å². The lowest BCUT2D eigenvalue weighted by atomic mass is 10.1. The molecule has 21 heavy (non-hydrogen) atoms. The maximum atomic E-state index is 13.1. The maximum Gasteiger partial charge on any atom is 0.220 e. The summed E-state index contributed by atoms with van der Waals surface area (Å²) in [6.45, 7) is 0.724. The Kier molecular flexibility index (Phi) is 7.68. The second kappa shape index (κ2) is 9.00. The SMILES string of the molecule is Cl.NCCCCCCC(=O)NC1CCc2cc(F)ccc21. The number of carbonyl (C=O) groups excluding carboxylic acids is 1. The molecule has 0 aromatic heterocycles. The summed E-state index contributed by atoms with van der Waals surface area (Å²) in [5, 5.41) is 3.06. The third kappa shape index (κ3) is 5.29. The van der Waals surface area contributed by atoms with Gasteiger partial charge in [-0.05, 0) is 55.5 Å². The number of hydrogen-bond acceptors (Lipinski definition) is 2. The van der Waals surface area contributed by atoms with Crippen LogP contribution in [0.3, 0.4) is 0 Å². The number of hydrogen-bond donors (Lipinski definition) is 2. The Bertz CT molecular complexity index is 468. The molecule has 0 saturated heterocycles. The van der Waals surface area contributed by atoms with Crippen molar-refractivity contribution in [2.45, 2.75) is 51.0 Å². The van der Waals surface area contributed by atoms with Crippen LogP contribution in [0.5, 0.6) is 0 Å². The summed E-state index contributed by atoms with van der Waals surface area (Å²) in [6, 6.07) is 4.90.